The Balaban J connectivity index is 1.62. The molecule has 0 bridgehead atoms. The van der Waals surface area contributed by atoms with E-state index in [-0.39, 0.29) is 11.1 Å². The summed E-state index contributed by atoms with van der Waals surface area (Å²) in [5.41, 5.74) is 2.18. The molecule has 1 heterocycles. The summed E-state index contributed by atoms with van der Waals surface area (Å²) in [6.07, 6.45) is 1.61. The number of nitrogens with one attached hydrogen (secondary N) is 2. The fourth-order valence-corrected chi connectivity index (χ4v) is 3.05. The Morgan fingerprint density at radius 2 is 1.96 bits per heavy atom. The number of carbonyl (C=O) groups excluding carboxylic acids is 3. The molecule has 0 aromatic heterocycles. The van der Waals surface area contributed by atoms with Gasteiger partial charge in [-0.1, -0.05) is 24.3 Å². The van der Waals surface area contributed by atoms with Gasteiger partial charge in [0, 0.05) is 12.1 Å². The third kappa shape index (κ3) is 4.31. The van der Waals surface area contributed by atoms with Gasteiger partial charge in [-0.3, -0.25) is 19.7 Å². The first-order valence-corrected chi connectivity index (χ1v) is 8.63. The number of ether oxygens (including phenoxy) is 1. The van der Waals surface area contributed by atoms with Crippen molar-refractivity contribution < 1.29 is 19.1 Å². The second kappa shape index (κ2) is 7.88. The van der Waals surface area contributed by atoms with Gasteiger partial charge in [0.2, 0.25) is 0 Å². The van der Waals surface area contributed by atoms with Gasteiger partial charge < -0.3 is 10.1 Å². The molecule has 6 nitrogen and oxygen atoms in total. The van der Waals surface area contributed by atoms with E-state index in [2.05, 4.69) is 10.6 Å². The first kappa shape index (κ1) is 17.8. The maximum absolute atomic E-state index is 12.3. The Hall–Kier alpha value is -3.06. The second-order valence-corrected chi connectivity index (χ2v) is 6.52. The first-order chi connectivity index (χ1) is 12.5. The van der Waals surface area contributed by atoms with E-state index in [0.29, 0.717) is 17.0 Å². The zero-order chi connectivity index (χ0) is 18.5. The highest BCUT2D eigenvalue weighted by Gasteiger charge is 2.24. The third-order valence-electron chi connectivity index (χ3n) is 3.70. The molecule has 3 rings (SSSR count). The van der Waals surface area contributed by atoms with Gasteiger partial charge in [0.1, 0.15) is 5.75 Å². The van der Waals surface area contributed by atoms with Gasteiger partial charge in [0.05, 0.1) is 12.0 Å². The van der Waals surface area contributed by atoms with E-state index in [1.54, 1.807) is 37.5 Å². The lowest BCUT2D eigenvalue weighted by Gasteiger charge is -2.07. The van der Waals surface area contributed by atoms with E-state index in [9.17, 15) is 14.4 Å². The van der Waals surface area contributed by atoms with Crippen molar-refractivity contribution in [3.63, 3.8) is 0 Å². The number of imide groups is 1. The molecule has 0 radical (unpaired) electrons. The number of amides is 3. The maximum Gasteiger partial charge on any atom is 0.290 e. The van der Waals surface area contributed by atoms with Crippen molar-refractivity contribution in [3.05, 3.63) is 70.1 Å². The predicted molar refractivity (Wildman–Crippen MR) is 99.7 cm³/mol. The predicted octanol–water partition coefficient (Wildman–Crippen LogP) is 2.95. The number of methoxy groups -OCH3 is 1. The lowest BCUT2D eigenvalue weighted by atomic mass is 10.1. The lowest BCUT2D eigenvalue weighted by Crippen LogP contribution is -2.22. The highest BCUT2D eigenvalue weighted by atomic mass is 32.2. The molecule has 0 spiro atoms. The Labute approximate surface area is 154 Å². The summed E-state index contributed by atoms with van der Waals surface area (Å²) < 4.78 is 5.16. The van der Waals surface area contributed by atoms with Gasteiger partial charge in [0.15, 0.2) is 0 Å². The Morgan fingerprint density at radius 3 is 2.62 bits per heavy atom. The monoisotopic (exact) mass is 368 g/mol. The Bertz CT molecular complexity index is 891. The highest BCUT2D eigenvalue weighted by Crippen LogP contribution is 2.25. The first-order valence-electron chi connectivity index (χ1n) is 7.81. The van der Waals surface area contributed by atoms with Gasteiger partial charge in [-0.2, -0.15) is 0 Å². The van der Waals surface area contributed by atoms with E-state index < -0.39 is 5.91 Å². The Morgan fingerprint density at radius 1 is 1.19 bits per heavy atom. The van der Waals surface area contributed by atoms with Crippen molar-refractivity contribution in [2.45, 2.75) is 6.54 Å². The van der Waals surface area contributed by atoms with Crippen LogP contribution in [0.4, 0.5) is 4.79 Å². The molecule has 2 aromatic carbocycles. The third-order valence-corrected chi connectivity index (χ3v) is 4.51. The van der Waals surface area contributed by atoms with Crippen LogP contribution in [0.5, 0.6) is 5.75 Å². The summed E-state index contributed by atoms with van der Waals surface area (Å²) in [6.45, 7) is 0.390. The molecule has 2 aromatic rings. The Kier molecular flexibility index (Phi) is 5.38. The number of hydrogen-bond donors (Lipinski definition) is 2. The van der Waals surface area contributed by atoms with Crippen molar-refractivity contribution in [3.8, 4) is 5.75 Å². The number of carbonyl (C=O) groups is 3. The van der Waals surface area contributed by atoms with Gasteiger partial charge >= 0.3 is 0 Å². The molecule has 132 valence electrons. The molecule has 7 heteroatoms. The largest absolute Gasteiger partial charge is 0.497 e. The molecule has 26 heavy (non-hydrogen) atoms. The molecular formula is C19H16N2O4S. The van der Waals surface area contributed by atoms with Crippen LogP contribution in [0, 0.1) is 0 Å². The highest BCUT2D eigenvalue weighted by molar-refractivity contribution is 8.18. The zero-order valence-electron chi connectivity index (χ0n) is 13.9. The van der Waals surface area contributed by atoms with Crippen LogP contribution < -0.4 is 15.4 Å². The molecule has 1 fully saturated rings. The molecule has 0 aliphatic carbocycles. The van der Waals surface area contributed by atoms with Gasteiger partial charge in [-0.25, -0.2) is 0 Å². The van der Waals surface area contributed by atoms with Gasteiger partial charge in [-0.15, -0.1) is 0 Å². The molecular weight excluding hydrogens is 352 g/mol. The van der Waals surface area contributed by atoms with E-state index in [0.717, 1.165) is 28.6 Å². The molecule has 0 saturated carbocycles. The van der Waals surface area contributed by atoms with Crippen LogP contribution in [0.15, 0.2) is 53.4 Å². The summed E-state index contributed by atoms with van der Waals surface area (Å²) in [5.74, 6) is 0.136. The SMILES string of the molecule is COc1cccc(CNC(=O)c2ccc(C=C3SC(=O)NC3=O)cc2)c1. The molecule has 0 unspecified atom stereocenters. The topological polar surface area (TPSA) is 84.5 Å². The second-order valence-electron chi connectivity index (χ2n) is 5.51. The van der Waals surface area contributed by atoms with Crippen LogP contribution in [0.2, 0.25) is 0 Å². The van der Waals surface area contributed by atoms with Crippen molar-refractivity contribution in [1.82, 2.24) is 10.6 Å². The van der Waals surface area contributed by atoms with E-state index in [1.807, 2.05) is 24.3 Å². The molecule has 1 saturated heterocycles. The fraction of sp³-hybridized carbons (Fsp3) is 0.105. The van der Waals surface area contributed by atoms with Crippen molar-refractivity contribution >= 4 is 34.9 Å². The maximum atomic E-state index is 12.3. The molecule has 2 N–H and O–H groups in total. The van der Waals surface area contributed by atoms with Crippen molar-refractivity contribution in [2.24, 2.45) is 0 Å². The normalized spacial score (nSPS) is 15.0. The summed E-state index contributed by atoms with van der Waals surface area (Å²) >= 11 is 0.860. The number of thioether (sulfide) groups is 1. The van der Waals surface area contributed by atoms with Crippen LogP contribution in [0.25, 0.3) is 6.08 Å². The summed E-state index contributed by atoms with van der Waals surface area (Å²) in [7, 11) is 1.60. The minimum atomic E-state index is -0.403. The summed E-state index contributed by atoms with van der Waals surface area (Å²) in [5, 5.41) is 4.67. The standard InChI is InChI=1S/C19H16N2O4S/c1-25-15-4-2-3-13(9-15)11-20-17(22)14-7-5-12(6-8-14)10-16-18(23)21-19(24)26-16/h2-10H,11H2,1H3,(H,20,22)(H,21,23,24). The number of rotatable bonds is 5. The van der Waals surface area contributed by atoms with Crippen molar-refractivity contribution in [2.75, 3.05) is 7.11 Å². The number of benzene rings is 2. The molecule has 0 atom stereocenters. The lowest BCUT2D eigenvalue weighted by molar-refractivity contribution is -0.115. The molecule has 3 amide bonds. The minimum Gasteiger partial charge on any atom is -0.497 e. The fourth-order valence-electron chi connectivity index (χ4n) is 2.37. The quantitative estimate of drug-likeness (QED) is 0.793. The van der Waals surface area contributed by atoms with Crippen LogP contribution in [0.1, 0.15) is 21.5 Å². The average Bonchev–Trinajstić information content (AvgIpc) is 2.97. The smallest absolute Gasteiger partial charge is 0.290 e. The van der Waals surface area contributed by atoms with Crippen LogP contribution >= 0.6 is 11.8 Å². The van der Waals surface area contributed by atoms with Crippen LogP contribution in [0.3, 0.4) is 0 Å². The summed E-state index contributed by atoms with van der Waals surface area (Å²) in [4.78, 5) is 35.3. The zero-order valence-corrected chi connectivity index (χ0v) is 14.8. The molecule has 1 aliphatic heterocycles. The van der Waals surface area contributed by atoms with Crippen LogP contribution in [-0.4, -0.2) is 24.2 Å². The molecule has 1 aliphatic rings. The summed E-state index contributed by atoms with van der Waals surface area (Å²) in [6, 6.07) is 14.3. The minimum absolute atomic E-state index is 0.199. The van der Waals surface area contributed by atoms with E-state index in [4.69, 9.17) is 4.74 Å². The van der Waals surface area contributed by atoms with E-state index in [1.165, 1.54) is 0 Å². The van der Waals surface area contributed by atoms with Crippen LogP contribution in [-0.2, 0) is 11.3 Å². The van der Waals surface area contributed by atoms with Gasteiger partial charge in [0.25, 0.3) is 17.1 Å². The average molecular weight is 368 g/mol. The van der Waals surface area contributed by atoms with Crippen molar-refractivity contribution in [1.29, 1.82) is 0 Å². The number of hydrogen-bond acceptors (Lipinski definition) is 5. The van der Waals surface area contributed by atoms with E-state index >= 15 is 0 Å². The van der Waals surface area contributed by atoms with Gasteiger partial charge in [-0.05, 0) is 53.2 Å².